The van der Waals surface area contributed by atoms with Crippen molar-refractivity contribution in [3.05, 3.63) is 208 Å². The van der Waals surface area contributed by atoms with E-state index in [-0.39, 0.29) is 12.1 Å². The van der Waals surface area contributed by atoms with Crippen molar-refractivity contribution >= 4 is 57.2 Å². The Morgan fingerprint density at radius 1 is 0.408 bits per heavy atom. The molecule has 2 fully saturated rings. The third-order valence-electron chi connectivity index (χ3n) is 17.2. The van der Waals surface area contributed by atoms with Crippen molar-refractivity contribution in [2.45, 2.75) is 130 Å². The molecule has 3 heteroatoms. The first-order valence-electron chi connectivity index (χ1n) is 27.0. The van der Waals surface area contributed by atoms with Gasteiger partial charge < -0.3 is 9.80 Å². The highest BCUT2D eigenvalue weighted by atomic mass is 15.2. The smallest absolute Gasteiger partial charge is 0.252 e. The van der Waals surface area contributed by atoms with E-state index in [1.807, 2.05) is 0 Å². The third kappa shape index (κ3) is 7.96. The molecule has 8 aromatic rings. The lowest BCUT2D eigenvalue weighted by atomic mass is 9.33. The summed E-state index contributed by atoms with van der Waals surface area (Å²) in [4.78, 5) is 5.40. The third-order valence-corrected chi connectivity index (χ3v) is 17.2. The van der Waals surface area contributed by atoms with Gasteiger partial charge in [0, 0.05) is 39.3 Å². The largest absolute Gasteiger partial charge is 0.311 e. The average molecular weight is 925 g/mol. The Balaban J connectivity index is 1.22. The monoisotopic (exact) mass is 925 g/mol. The Hall–Kier alpha value is -6.58. The second-order valence-electron chi connectivity index (χ2n) is 22.5. The molecule has 354 valence electrons. The van der Waals surface area contributed by atoms with Crippen molar-refractivity contribution in [2.75, 3.05) is 9.80 Å². The molecule has 2 aliphatic heterocycles. The fourth-order valence-corrected chi connectivity index (χ4v) is 14.0. The van der Waals surface area contributed by atoms with Crippen molar-refractivity contribution in [1.82, 2.24) is 0 Å². The van der Waals surface area contributed by atoms with Crippen LogP contribution in [0.25, 0.3) is 22.3 Å². The van der Waals surface area contributed by atoms with E-state index in [9.17, 15) is 0 Å². The summed E-state index contributed by atoms with van der Waals surface area (Å²) in [6.07, 6.45) is 13.0. The Morgan fingerprint density at radius 3 is 1.27 bits per heavy atom. The van der Waals surface area contributed by atoms with Gasteiger partial charge in [-0.05, 0) is 182 Å². The minimum absolute atomic E-state index is 0.0424. The highest BCUT2D eigenvalue weighted by Gasteiger charge is 2.46. The normalized spacial score (nSPS) is 15.9. The van der Waals surface area contributed by atoms with Crippen molar-refractivity contribution in [1.29, 1.82) is 0 Å². The molecule has 0 amide bonds. The number of fused-ring (bicyclic) bond motifs is 4. The van der Waals surface area contributed by atoms with Crippen LogP contribution >= 0.6 is 0 Å². The Morgan fingerprint density at radius 2 is 0.831 bits per heavy atom. The highest BCUT2D eigenvalue weighted by Crippen LogP contribution is 2.51. The van der Waals surface area contributed by atoms with E-state index in [1.54, 1.807) is 0 Å². The first-order chi connectivity index (χ1) is 34.5. The maximum atomic E-state index is 2.70. The first-order valence-corrected chi connectivity index (χ1v) is 27.0. The second-order valence-corrected chi connectivity index (χ2v) is 22.5. The van der Waals surface area contributed by atoms with Gasteiger partial charge in [-0.15, -0.1) is 0 Å². The molecule has 2 saturated carbocycles. The van der Waals surface area contributed by atoms with E-state index in [1.165, 1.54) is 187 Å². The molecule has 4 aliphatic rings. The van der Waals surface area contributed by atoms with Gasteiger partial charge in [0.2, 0.25) is 0 Å². The van der Waals surface area contributed by atoms with Crippen LogP contribution in [0.1, 0.15) is 140 Å². The number of benzene rings is 8. The van der Waals surface area contributed by atoms with Crippen LogP contribution in [0.15, 0.2) is 158 Å². The topological polar surface area (TPSA) is 6.48 Å². The number of aryl methyl sites for hydroxylation is 5. The zero-order chi connectivity index (χ0) is 48.5. The van der Waals surface area contributed by atoms with Crippen LogP contribution in [0.4, 0.5) is 34.1 Å². The Bertz CT molecular complexity index is 3110. The van der Waals surface area contributed by atoms with Gasteiger partial charge >= 0.3 is 0 Å². The van der Waals surface area contributed by atoms with Gasteiger partial charge in [0.1, 0.15) is 0 Å². The molecule has 0 spiro atoms. The minimum atomic E-state index is -0.332. The number of nitrogens with zero attached hydrogens (tertiary/aromatic N) is 2. The van der Waals surface area contributed by atoms with E-state index in [0.717, 1.165) is 0 Å². The average Bonchev–Trinajstić information content (AvgIpc) is 3.39. The first kappa shape index (κ1) is 45.6. The van der Waals surface area contributed by atoms with E-state index >= 15 is 0 Å². The Labute approximate surface area is 424 Å². The molecule has 2 nitrogen and oxygen atoms in total. The maximum Gasteiger partial charge on any atom is 0.252 e. The molecular formula is C68H69BN2. The van der Waals surface area contributed by atoms with Crippen molar-refractivity contribution in [3.63, 3.8) is 0 Å². The summed E-state index contributed by atoms with van der Waals surface area (Å²) in [5.41, 5.74) is 28.8. The van der Waals surface area contributed by atoms with Gasteiger partial charge in [0.25, 0.3) is 6.71 Å². The lowest BCUT2D eigenvalue weighted by Gasteiger charge is -2.46. The lowest BCUT2D eigenvalue weighted by Crippen LogP contribution is -2.61. The molecule has 0 unspecified atom stereocenters. The predicted molar refractivity (Wildman–Crippen MR) is 305 cm³/mol. The zero-order valence-corrected chi connectivity index (χ0v) is 43.2. The van der Waals surface area contributed by atoms with Crippen molar-refractivity contribution in [3.8, 4) is 22.3 Å². The molecule has 2 heterocycles. The zero-order valence-electron chi connectivity index (χ0n) is 43.2. The van der Waals surface area contributed by atoms with Gasteiger partial charge in [0.05, 0.1) is 11.4 Å². The summed E-state index contributed by atoms with van der Waals surface area (Å²) in [6, 6.07) is 62.1. The molecule has 2 aliphatic carbocycles. The molecular weight excluding hydrogens is 856 g/mol. The van der Waals surface area contributed by atoms with Gasteiger partial charge in [-0.3, -0.25) is 0 Å². The van der Waals surface area contributed by atoms with Gasteiger partial charge in [0.15, 0.2) is 0 Å². The fraction of sp³-hybridized carbons (Fsp3) is 0.294. The number of anilines is 6. The number of rotatable bonds is 8. The molecule has 0 atom stereocenters. The summed E-state index contributed by atoms with van der Waals surface area (Å²) in [6.45, 7) is 16.4. The molecule has 0 saturated heterocycles. The highest BCUT2D eigenvalue weighted by molar-refractivity contribution is 7.00. The van der Waals surface area contributed by atoms with E-state index in [2.05, 4.69) is 216 Å². The standard InChI is InChI=1S/C68H69BN2/c1-44-28-32-60(56(38-44)51-24-16-10-17-25-51)70-62-34-30-53(49-20-12-8-13-21-49)40-58(62)69-59-41-54(50-22-14-9-15-23-50)31-35-63(59)71(61-33-29-45(2)39-57(61)52-26-18-11-19-27-52)65-43-55(42-64(70)67(65)69)68(6,7)66-47(4)36-46(3)37-48(66)5/h10-11,16-19,24-43,49-50H,8-9,12-15,20-23H2,1-7H3. The second kappa shape index (κ2) is 18.2. The van der Waals surface area contributed by atoms with Crippen LogP contribution in [0, 0.1) is 34.6 Å². The lowest BCUT2D eigenvalue weighted by molar-refractivity contribution is 0.444. The van der Waals surface area contributed by atoms with Crippen LogP contribution in [-0.4, -0.2) is 6.71 Å². The van der Waals surface area contributed by atoms with E-state index in [4.69, 9.17) is 0 Å². The molecule has 71 heavy (non-hydrogen) atoms. The summed E-state index contributed by atoms with van der Waals surface area (Å²) in [7, 11) is 0. The van der Waals surface area contributed by atoms with Crippen molar-refractivity contribution < 1.29 is 0 Å². The van der Waals surface area contributed by atoms with Gasteiger partial charge in [-0.1, -0.05) is 178 Å². The molecule has 0 N–H and O–H groups in total. The predicted octanol–water partition coefficient (Wildman–Crippen LogP) is 17.1. The van der Waals surface area contributed by atoms with Gasteiger partial charge in [-0.25, -0.2) is 0 Å². The molecule has 0 radical (unpaired) electrons. The molecule has 12 rings (SSSR count). The van der Waals surface area contributed by atoms with Crippen LogP contribution < -0.4 is 26.2 Å². The fourth-order valence-electron chi connectivity index (χ4n) is 14.0. The van der Waals surface area contributed by atoms with Crippen LogP contribution in [0.5, 0.6) is 0 Å². The summed E-state index contributed by atoms with van der Waals surface area (Å²) < 4.78 is 0. The quantitative estimate of drug-likeness (QED) is 0.140. The SMILES string of the molecule is Cc1cc(C)c(C(C)(C)c2cc3c4c(c2)N(c2ccc(C)cc2-c2ccccc2)c2ccc(C5CCCCC5)cc2B4c2cc(C4CCCCC4)ccc2N3c2ccc(C)cc2-c2ccccc2)c(C)c1. The minimum Gasteiger partial charge on any atom is -0.311 e. The summed E-state index contributed by atoms with van der Waals surface area (Å²) in [5, 5.41) is 0. The molecule has 0 bridgehead atoms. The van der Waals surface area contributed by atoms with Crippen LogP contribution in [0.3, 0.4) is 0 Å². The summed E-state index contributed by atoms with van der Waals surface area (Å²) in [5.74, 6) is 1.17. The molecule has 8 aromatic carbocycles. The van der Waals surface area contributed by atoms with Crippen LogP contribution in [-0.2, 0) is 5.41 Å². The Kier molecular flexibility index (Phi) is 11.7. The van der Waals surface area contributed by atoms with Crippen molar-refractivity contribution in [2.24, 2.45) is 0 Å². The molecule has 0 aromatic heterocycles. The number of hydrogen-bond acceptors (Lipinski definition) is 2. The summed E-state index contributed by atoms with van der Waals surface area (Å²) >= 11 is 0. The van der Waals surface area contributed by atoms with Gasteiger partial charge in [-0.2, -0.15) is 0 Å². The van der Waals surface area contributed by atoms with E-state index in [0.29, 0.717) is 11.8 Å². The van der Waals surface area contributed by atoms with Crippen LogP contribution in [0.2, 0.25) is 0 Å². The maximum absolute atomic E-state index is 2.70. The number of hydrogen-bond donors (Lipinski definition) is 0. The van der Waals surface area contributed by atoms with E-state index < -0.39 is 0 Å².